The number of nitrogens with zero attached hydrogens (tertiary/aromatic N) is 4. The first-order valence-corrected chi connectivity index (χ1v) is 12.0. The summed E-state index contributed by atoms with van der Waals surface area (Å²) in [5.41, 5.74) is 2.95. The number of hydrogen-bond donors (Lipinski definition) is 0. The van der Waals surface area contributed by atoms with Crippen molar-refractivity contribution in [2.45, 2.75) is 36.5 Å². The highest BCUT2D eigenvalue weighted by Gasteiger charge is 2.35. The molecule has 1 amide bonds. The van der Waals surface area contributed by atoms with Gasteiger partial charge in [-0.2, -0.15) is 4.98 Å². The van der Waals surface area contributed by atoms with Gasteiger partial charge in [-0.3, -0.25) is 9.69 Å². The zero-order valence-electron chi connectivity index (χ0n) is 17.0. The maximum atomic E-state index is 13.1. The minimum absolute atomic E-state index is 0.0367. The number of carbonyl (C=O) groups is 1. The zero-order valence-corrected chi connectivity index (χ0v) is 18.7. The van der Waals surface area contributed by atoms with Crippen LogP contribution in [0.1, 0.15) is 32.1 Å². The lowest BCUT2D eigenvalue weighted by molar-refractivity contribution is -0.120. The molecule has 0 unspecified atom stereocenters. The molecule has 0 radical (unpaired) electrons. The monoisotopic (exact) mass is 438 g/mol. The van der Waals surface area contributed by atoms with E-state index in [-0.39, 0.29) is 5.91 Å². The molecule has 0 spiro atoms. The van der Waals surface area contributed by atoms with Gasteiger partial charge in [0.25, 0.3) is 0 Å². The van der Waals surface area contributed by atoms with Gasteiger partial charge in [0.2, 0.25) is 23.2 Å². The highest BCUT2D eigenvalue weighted by atomic mass is 32.2. The molecule has 2 aromatic carbocycles. The summed E-state index contributed by atoms with van der Waals surface area (Å²) in [5.74, 6) is 1.18. The van der Waals surface area contributed by atoms with E-state index in [0.29, 0.717) is 23.2 Å². The van der Waals surface area contributed by atoms with E-state index in [1.807, 2.05) is 68.6 Å². The second-order valence-corrected chi connectivity index (χ2v) is 8.67. The topological polar surface area (TPSA) is 68.2 Å². The summed E-state index contributed by atoms with van der Waals surface area (Å²) in [6.45, 7) is 3.89. The lowest BCUT2D eigenvalue weighted by Crippen LogP contribution is -2.37. The lowest BCUT2D eigenvalue weighted by Gasteiger charge is -2.30. The predicted octanol–water partition coefficient (Wildman–Crippen LogP) is 5.21. The average Bonchev–Trinajstić information content (AvgIpc) is 2.93. The number of amides is 1. The number of anilines is 1. The van der Waals surface area contributed by atoms with Crippen LogP contribution < -0.4 is 9.64 Å². The zero-order chi connectivity index (χ0) is 21.1. The van der Waals surface area contributed by atoms with Gasteiger partial charge in [0.1, 0.15) is 0 Å². The Morgan fingerprint density at radius 2 is 1.87 bits per heavy atom. The molecule has 3 aromatic rings. The summed E-state index contributed by atoms with van der Waals surface area (Å²) in [5, 5.41) is 9.22. The van der Waals surface area contributed by atoms with Crippen molar-refractivity contribution in [1.82, 2.24) is 15.2 Å². The van der Waals surface area contributed by atoms with Crippen molar-refractivity contribution >= 4 is 35.1 Å². The standard InChI is InChI=1S/C22H22N4O2S2/c1-4-18(27)26-17-9-7-6-8-16(17)19-20(23-22(25-24-19)30-5-2)28-21(26)14-10-12-15(29-3)13-11-14/h6-13,21H,4-5H2,1-3H3/t21-/m0/s1. The van der Waals surface area contributed by atoms with E-state index in [1.54, 1.807) is 16.7 Å². The minimum Gasteiger partial charge on any atom is -0.447 e. The Hall–Kier alpha value is -2.58. The molecule has 0 saturated heterocycles. The first-order valence-electron chi connectivity index (χ1n) is 9.75. The number of para-hydroxylation sites is 1. The molecule has 4 rings (SSSR count). The van der Waals surface area contributed by atoms with Gasteiger partial charge < -0.3 is 4.74 Å². The summed E-state index contributed by atoms with van der Waals surface area (Å²) in [6, 6.07) is 15.7. The molecule has 2 heterocycles. The van der Waals surface area contributed by atoms with Crippen molar-refractivity contribution in [2.75, 3.05) is 16.9 Å². The van der Waals surface area contributed by atoms with E-state index in [4.69, 9.17) is 4.74 Å². The molecule has 0 N–H and O–H groups in total. The first-order chi connectivity index (χ1) is 14.7. The van der Waals surface area contributed by atoms with Crippen LogP contribution in [-0.2, 0) is 4.79 Å². The van der Waals surface area contributed by atoms with Crippen molar-refractivity contribution in [1.29, 1.82) is 0 Å². The molecule has 8 heteroatoms. The number of carbonyl (C=O) groups excluding carboxylic acids is 1. The van der Waals surface area contributed by atoms with Crippen molar-refractivity contribution in [2.24, 2.45) is 0 Å². The van der Waals surface area contributed by atoms with E-state index in [0.717, 1.165) is 27.5 Å². The number of rotatable bonds is 5. The van der Waals surface area contributed by atoms with Crippen LogP contribution in [-0.4, -0.2) is 33.1 Å². The molecule has 6 nitrogen and oxygen atoms in total. The number of benzene rings is 2. The van der Waals surface area contributed by atoms with E-state index < -0.39 is 6.23 Å². The number of ether oxygens (including phenoxy) is 1. The third kappa shape index (κ3) is 3.89. The Labute approximate surface area is 184 Å². The van der Waals surface area contributed by atoms with Crippen LogP contribution in [0.5, 0.6) is 5.88 Å². The highest BCUT2D eigenvalue weighted by Crippen LogP contribution is 2.43. The predicted molar refractivity (Wildman–Crippen MR) is 121 cm³/mol. The molecule has 0 aliphatic carbocycles. The fraction of sp³-hybridized carbons (Fsp3) is 0.273. The Bertz CT molecular complexity index is 1060. The summed E-state index contributed by atoms with van der Waals surface area (Å²) in [6.07, 6.45) is 1.74. The SMILES string of the molecule is CCSc1nnc2c(n1)O[C@@H](c1ccc(SC)cc1)N(C(=O)CC)c1ccccc1-2. The molecular weight excluding hydrogens is 416 g/mol. The summed E-state index contributed by atoms with van der Waals surface area (Å²) in [4.78, 5) is 20.6. The lowest BCUT2D eigenvalue weighted by atomic mass is 10.1. The van der Waals surface area contributed by atoms with Gasteiger partial charge in [-0.15, -0.1) is 22.0 Å². The third-order valence-corrected chi connectivity index (χ3v) is 6.22. The Morgan fingerprint density at radius 1 is 1.10 bits per heavy atom. The smallest absolute Gasteiger partial charge is 0.247 e. The molecule has 154 valence electrons. The van der Waals surface area contributed by atoms with Crippen LogP contribution in [0, 0.1) is 0 Å². The van der Waals surface area contributed by atoms with Crippen molar-refractivity contribution in [3.63, 3.8) is 0 Å². The van der Waals surface area contributed by atoms with Crippen LogP contribution >= 0.6 is 23.5 Å². The van der Waals surface area contributed by atoms with E-state index in [9.17, 15) is 4.79 Å². The quantitative estimate of drug-likeness (QED) is 0.507. The molecule has 1 atom stereocenters. The largest absolute Gasteiger partial charge is 0.447 e. The van der Waals surface area contributed by atoms with Crippen LogP contribution in [0.3, 0.4) is 0 Å². The fourth-order valence-electron chi connectivity index (χ4n) is 3.33. The highest BCUT2D eigenvalue weighted by molar-refractivity contribution is 7.99. The second-order valence-electron chi connectivity index (χ2n) is 6.56. The van der Waals surface area contributed by atoms with Crippen molar-refractivity contribution in [3.05, 3.63) is 54.1 Å². The van der Waals surface area contributed by atoms with Crippen LogP contribution in [0.25, 0.3) is 11.3 Å². The molecule has 0 saturated carbocycles. The summed E-state index contributed by atoms with van der Waals surface area (Å²) >= 11 is 3.17. The van der Waals surface area contributed by atoms with Gasteiger partial charge >= 0.3 is 0 Å². The molecule has 1 aliphatic rings. The first kappa shape index (κ1) is 20.7. The number of thioether (sulfide) groups is 2. The Morgan fingerprint density at radius 3 is 2.57 bits per heavy atom. The van der Waals surface area contributed by atoms with Gasteiger partial charge in [0, 0.05) is 22.4 Å². The van der Waals surface area contributed by atoms with E-state index >= 15 is 0 Å². The Kier molecular flexibility index (Phi) is 6.24. The van der Waals surface area contributed by atoms with Crippen molar-refractivity contribution in [3.8, 4) is 17.1 Å². The second kappa shape index (κ2) is 9.06. The average molecular weight is 439 g/mol. The normalized spacial score (nSPS) is 15.0. The van der Waals surface area contributed by atoms with Crippen LogP contribution in [0.2, 0.25) is 0 Å². The van der Waals surface area contributed by atoms with Gasteiger partial charge in [-0.25, -0.2) is 0 Å². The van der Waals surface area contributed by atoms with Gasteiger partial charge in [0.05, 0.1) is 5.69 Å². The maximum Gasteiger partial charge on any atom is 0.247 e. The minimum atomic E-state index is -0.646. The maximum absolute atomic E-state index is 13.1. The fourth-order valence-corrected chi connectivity index (χ4v) is 4.24. The van der Waals surface area contributed by atoms with Gasteiger partial charge in [-0.05, 0) is 30.2 Å². The van der Waals surface area contributed by atoms with Crippen LogP contribution in [0.4, 0.5) is 5.69 Å². The Balaban J connectivity index is 1.92. The van der Waals surface area contributed by atoms with Crippen molar-refractivity contribution < 1.29 is 9.53 Å². The number of hydrogen-bond acceptors (Lipinski definition) is 7. The summed E-state index contributed by atoms with van der Waals surface area (Å²) < 4.78 is 6.39. The van der Waals surface area contributed by atoms with Gasteiger partial charge in [-0.1, -0.05) is 55.9 Å². The molecular formula is C22H22N4O2S2. The molecule has 0 bridgehead atoms. The third-order valence-electron chi connectivity index (χ3n) is 4.76. The van der Waals surface area contributed by atoms with Gasteiger partial charge in [0.15, 0.2) is 5.69 Å². The molecule has 0 fully saturated rings. The molecule has 30 heavy (non-hydrogen) atoms. The summed E-state index contributed by atoms with van der Waals surface area (Å²) in [7, 11) is 0. The molecule has 1 aliphatic heterocycles. The number of aromatic nitrogens is 3. The molecule has 1 aromatic heterocycles. The number of fused-ring (bicyclic) bond motifs is 3. The van der Waals surface area contributed by atoms with E-state index in [1.165, 1.54) is 11.8 Å². The van der Waals surface area contributed by atoms with E-state index in [2.05, 4.69) is 15.2 Å². The van der Waals surface area contributed by atoms with Crippen LogP contribution in [0.15, 0.2) is 58.6 Å².